The fourth-order valence-electron chi connectivity index (χ4n) is 1.18. The number of benzene rings is 1. The molecule has 1 N–H and O–H groups in total. The highest BCUT2D eigenvalue weighted by atomic mass is 79.9. The van der Waals surface area contributed by atoms with Crippen LogP contribution in [0, 0.1) is 0 Å². The van der Waals surface area contributed by atoms with Crippen molar-refractivity contribution in [1.29, 1.82) is 0 Å². The Hall–Kier alpha value is -0.800. The van der Waals surface area contributed by atoms with Gasteiger partial charge in [-0.3, -0.25) is 0 Å². The maximum Gasteiger partial charge on any atom is 0.119 e. The van der Waals surface area contributed by atoms with Crippen LogP contribution in [-0.2, 0) is 0 Å². The summed E-state index contributed by atoms with van der Waals surface area (Å²) in [5.41, 5.74) is 1.25. The number of rotatable bonds is 5. The summed E-state index contributed by atoms with van der Waals surface area (Å²) in [6.07, 6.45) is 0. The van der Waals surface area contributed by atoms with E-state index in [9.17, 15) is 0 Å². The summed E-state index contributed by atoms with van der Waals surface area (Å²) in [6.45, 7) is 6.33. The third-order valence-corrected chi connectivity index (χ3v) is 2.44. The lowest BCUT2D eigenvalue weighted by Crippen LogP contribution is -2.11. The van der Waals surface area contributed by atoms with Gasteiger partial charge in [0.25, 0.3) is 0 Å². The first kappa shape index (κ1) is 12.3. The fourth-order valence-corrected chi connectivity index (χ4v) is 1.30. The van der Waals surface area contributed by atoms with E-state index in [0.717, 1.165) is 10.2 Å². The van der Waals surface area contributed by atoms with E-state index >= 15 is 0 Å². The highest BCUT2D eigenvalue weighted by molar-refractivity contribution is 9.11. The standard InChI is InChI=1S/C12H16BrNO/c1-9(13)8-15-12-6-4-11(5-7-12)10(2)14-3/h4-7,10,14H,1,8H2,2-3H3. The van der Waals surface area contributed by atoms with E-state index in [1.54, 1.807) is 0 Å². The lowest BCUT2D eigenvalue weighted by atomic mass is 10.1. The van der Waals surface area contributed by atoms with Crippen molar-refractivity contribution in [2.45, 2.75) is 13.0 Å². The minimum absolute atomic E-state index is 0.366. The first-order chi connectivity index (χ1) is 7.13. The van der Waals surface area contributed by atoms with Crippen molar-refractivity contribution in [3.8, 4) is 5.75 Å². The van der Waals surface area contributed by atoms with Crippen molar-refractivity contribution in [3.63, 3.8) is 0 Å². The summed E-state index contributed by atoms with van der Waals surface area (Å²) in [5, 5.41) is 3.19. The van der Waals surface area contributed by atoms with Gasteiger partial charge in [-0.15, -0.1) is 0 Å². The van der Waals surface area contributed by atoms with E-state index in [-0.39, 0.29) is 0 Å². The first-order valence-electron chi connectivity index (χ1n) is 4.86. The van der Waals surface area contributed by atoms with Gasteiger partial charge in [0.2, 0.25) is 0 Å². The molecule has 0 aromatic heterocycles. The SMILES string of the molecule is C=C(Br)COc1ccc(C(C)NC)cc1. The minimum atomic E-state index is 0.366. The molecule has 82 valence electrons. The molecule has 2 nitrogen and oxygen atoms in total. The zero-order valence-electron chi connectivity index (χ0n) is 9.09. The number of hydrogen-bond acceptors (Lipinski definition) is 2. The summed E-state index contributed by atoms with van der Waals surface area (Å²) in [5.74, 6) is 0.864. The van der Waals surface area contributed by atoms with Gasteiger partial charge in [0.1, 0.15) is 12.4 Å². The molecule has 3 heteroatoms. The molecule has 0 aliphatic rings. The molecule has 0 saturated carbocycles. The molecule has 0 saturated heterocycles. The number of halogens is 1. The molecular weight excluding hydrogens is 254 g/mol. The van der Waals surface area contributed by atoms with Crippen LogP contribution in [0.3, 0.4) is 0 Å². The average Bonchev–Trinajstić information content (AvgIpc) is 2.26. The summed E-state index contributed by atoms with van der Waals surface area (Å²) >= 11 is 3.25. The molecule has 0 aliphatic heterocycles. The third kappa shape index (κ3) is 4.06. The molecule has 15 heavy (non-hydrogen) atoms. The highest BCUT2D eigenvalue weighted by Crippen LogP contribution is 2.18. The number of ether oxygens (including phenoxy) is 1. The summed E-state index contributed by atoms with van der Waals surface area (Å²) < 4.78 is 6.31. The Balaban J connectivity index is 2.60. The van der Waals surface area contributed by atoms with Crippen LogP contribution < -0.4 is 10.1 Å². The molecule has 0 aliphatic carbocycles. The number of nitrogens with one attached hydrogen (secondary N) is 1. The zero-order valence-corrected chi connectivity index (χ0v) is 10.7. The Bertz CT molecular complexity index is 321. The Labute approximate surface area is 99.5 Å². The lowest BCUT2D eigenvalue weighted by molar-refractivity contribution is 0.360. The second kappa shape index (κ2) is 5.93. The minimum Gasteiger partial charge on any atom is -0.488 e. The average molecular weight is 270 g/mol. The van der Waals surface area contributed by atoms with E-state index < -0.39 is 0 Å². The van der Waals surface area contributed by atoms with E-state index in [2.05, 4.69) is 46.9 Å². The zero-order chi connectivity index (χ0) is 11.3. The molecule has 0 spiro atoms. The fraction of sp³-hybridized carbons (Fsp3) is 0.333. The second-order valence-electron chi connectivity index (χ2n) is 3.39. The molecule has 0 fully saturated rings. The molecule has 0 heterocycles. The van der Waals surface area contributed by atoms with Crippen molar-refractivity contribution in [2.24, 2.45) is 0 Å². The number of hydrogen-bond donors (Lipinski definition) is 1. The lowest BCUT2D eigenvalue weighted by Gasteiger charge is -2.11. The van der Waals surface area contributed by atoms with Crippen LogP contribution in [0.4, 0.5) is 0 Å². The molecule has 1 rings (SSSR count). The molecule has 0 bridgehead atoms. The summed E-state index contributed by atoms with van der Waals surface area (Å²) in [4.78, 5) is 0. The Kier molecular flexibility index (Phi) is 4.85. The monoisotopic (exact) mass is 269 g/mol. The van der Waals surface area contributed by atoms with Crippen LogP contribution in [0.25, 0.3) is 0 Å². The predicted octanol–water partition coefficient (Wildman–Crippen LogP) is 3.25. The van der Waals surface area contributed by atoms with E-state index in [1.807, 2.05) is 19.2 Å². The third-order valence-electron chi connectivity index (χ3n) is 2.21. The van der Waals surface area contributed by atoms with Crippen molar-refractivity contribution in [1.82, 2.24) is 5.32 Å². The second-order valence-corrected chi connectivity index (χ2v) is 4.51. The van der Waals surface area contributed by atoms with Crippen LogP contribution in [-0.4, -0.2) is 13.7 Å². The van der Waals surface area contributed by atoms with Crippen LogP contribution in [0.5, 0.6) is 5.75 Å². The molecule has 1 aromatic carbocycles. The maximum atomic E-state index is 5.47. The highest BCUT2D eigenvalue weighted by Gasteiger charge is 2.01. The van der Waals surface area contributed by atoms with Gasteiger partial charge in [-0.1, -0.05) is 34.6 Å². The van der Waals surface area contributed by atoms with Gasteiger partial charge in [0.05, 0.1) is 0 Å². The van der Waals surface area contributed by atoms with Gasteiger partial charge in [0.15, 0.2) is 0 Å². The molecule has 1 aromatic rings. The smallest absolute Gasteiger partial charge is 0.119 e. The van der Waals surface area contributed by atoms with Gasteiger partial charge in [0, 0.05) is 10.5 Å². The molecule has 1 atom stereocenters. The van der Waals surface area contributed by atoms with Crippen molar-refractivity contribution in [2.75, 3.05) is 13.7 Å². The Morgan fingerprint density at radius 1 is 1.47 bits per heavy atom. The molecular formula is C12H16BrNO. The molecule has 0 radical (unpaired) electrons. The van der Waals surface area contributed by atoms with Gasteiger partial charge < -0.3 is 10.1 Å². The topological polar surface area (TPSA) is 21.3 Å². The predicted molar refractivity (Wildman–Crippen MR) is 67.5 cm³/mol. The first-order valence-corrected chi connectivity index (χ1v) is 5.66. The summed E-state index contributed by atoms with van der Waals surface area (Å²) in [6, 6.07) is 8.43. The van der Waals surface area contributed by atoms with E-state index in [4.69, 9.17) is 4.74 Å². The van der Waals surface area contributed by atoms with Crippen molar-refractivity contribution < 1.29 is 4.74 Å². The van der Waals surface area contributed by atoms with E-state index in [1.165, 1.54) is 5.56 Å². The van der Waals surface area contributed by atoms with Gasteiger partial charge in [-0.2, -0.15) is 0 Å². The van der Waals surface area contributed by atoms with Crippen molar-refractivity contribution in [3.05, 3.63) is 40.9 Å². The largest absolute Gasteiger partial charge is 0.488 e. The van der Waals surface area contributed by atoms with Crippen LogP contribution >= 0.6 is 15.9 Å². The van der Waals surface area contributed by atoms with Crippen molar-refractivity contribution >= 4 is 15.9 Å². The quantitative estimate of drug-likeness (QED) is 0.886. The van der Waals surface area contributed by atoms with Crippen LogP contribution in [0.15, 0.2) is 35.3 Å². The van der Waals surface area contributed by atoms with Gasteiger partial charge in [-0.25, -0.2) is 0 Å². The van der Waals surface area contributed by atoms with Crippen LogP contribution in [0.1, 0.15) is 18.5 Å². The van der Waals surface area contributed by atoms with Gasteiger partial charge >= 0.3 is 0 Å². The van der Waals surface area contributed by atoms with Gasteiger partial charge in [-0.05, 0) is 31.7 Å². The molecule has 0 amide bonds. The summed E-state index contributed by atoms with van der Waals surface area (Å²) in [7, 11) is 1.95. The van der Waals surface area contributed by atoms with E-state index in [0.29, 0.717) is 12.6 Å². The Morgan fingerprint density at radius 3 is 2.53 bits per heavy atom. The maximum absolute atomic E-state index is 5.47. The Morgan fingerprint density at radius 2 is 2.07 bits per heavy atom. The molecule has 1 unspecified atom stereocenters. The van der Waals surface area contributed by atoms with Crippen LogP contribution in [0.2, 0.25) is 0 Å². The normalized spacial score (nSPS) is 12.2.